The third kappa shape index (κ3) is 0.806. The first-order chi connectivity index (χ1) is 4.86. The molecule has 2 rings (SSSR count). The number of imidazole rings is 1. The van der Waals surface area contributed by atoms with Crippen molar-refractivity contribution >= 4 is 21.6 Å². The SMILES string of the molecule is Brc1cn2ccnc2[c]n1. The second-order valence-electron chi connectivity index (χ2n) is 1.83. The average Bonchev–Trinajstić information content (AvgIpc) is 2.33. The Morgan fingerprint density at radius 2 is 2.50 bits per heavy atom. The second-order valence-corrected chi connectivity index (χ2v) is 2.65. The van der Waals surface area contributed by atoms with Crippen LogP contribution in [-0.4, -0.2) is 14.4 Å². The van der Waals surface area contributed by atoms with Crippen molar-refractivity contribution in [2.75, 3.05) is 0 Å². The fourth-order valence-electron chi connectivity index (χ4n) is 0.751. The summed E-state index contributed by atoms with van der Waals surface area (Å²) in [6.07, 6.45) is 8.14. The van der Waals surface area contributed by atoms with E-state index in [9.17, 15) is 0 Å². The number of fused-ring (bicyclic) bond motifs is 1. The topological polar surface area (TPSA) is 30.2 Å². The van der Waals surface area contributed by atoms with Crippen molar-refractivity contribution in [3.63, 3.8) is 0 Å². The van der Waals surface area contributed by atoms with Crippen molar-refractivity contribution < 1.29 is 0 Å². The second kappa shape index (κ2) is 2.05. The fraction of sp³-hybridized carbons (Fsp3) is 0. The molecule has 0 atom stereocenters. The van der Waals surface area contributed by atoms with Crippen LogP contribution >= 0.6 is 15.9 Å². The highest BCUT2D eigenvalue weighted by Gasteiger charge is 1.93. The summed E-state index contributed by atoms with van der Waals surface area (Å²) in [5.41, 5.74) is 0.739. The van der Waals surface area contributed by atoms with Crippen molar-refractivity contribution in [3.05, 3.63) is 29.4 Å². The molecule has 0 aliphatic heterocycles. The molecule has 0 unspecified atom stereocenters. The molecule has 0 aliphatic carbocycles. The van der Waals surface area contributed by atoms with Gasteiger partial charge in [-0.15, -0.1) is 0 Å². The van der Waals surface area contributed by atoms with Crippen molar-refractivity contribution in [2.45, 2.75) is 0 Å². The summed E-state index contributed by atoms with van der Waals surface area (Å²) in [6.45, 7) is 0. The van der Waals surface area contributed by atoms with Gasteiger partial charge in [-0.1, -0.05) is 0 Å². The molecule has 10 heavy (non-hydrogen) atoms. The standard InChI is InChI=1S/C6H3BrN3/c7-5-4-10-2-1-8-6(10)3-9-5/h1-2,4H. The summed E-state index contributed by atoms with van der Waals surface area (Å²) >= 11 is 3.23. The molecule has 0 aliphatic rings. The Kier molecular flexibility index (Phi) is 1.20. The Labute approximate surface area is 65.9 Å². The lowest BCUT2D eigenvalue weighted by molar-refractivity contribution is 1.09. The van der Waals surface area contributed by atoms with Crippen LogP contribution in [0.5, 0.6) is 0 Å². The van der Waals surface area contributed by atoms with Gasteiger partial charge < -0.3 is 4.40 Å². The number of aromatic nitrogens is 3. The van der Waals surface area contributed by atoms with E-state index < -0.39 is 0 Å². The normalized spacial score (nSPS) is 10.5. The molecule has 0 saturated heterocycles. The van der Waals surface area contributed by atoms with Crippen LogP contribution in [0.3, 0.4) is 0 Å². The van der Waals surface area contributed by atoms with Crippen molar-refractivity contribution in [1.29, 1.82) is 0 Å². The zero-order valence-electron chi connectivity index (χ0n) is 4.95. The highest BCUT2D eigenvalue weighted by atomic mass is 79.9. The maximum absolute atomic E-state index is 3.98. The molecule has 2 heterocycles. The largest absolute Gasteiger partial charge is 0.303 e. The van der Waals surface area contributed by atoms with Crippen LogP contribution in [0.25, 0.3) is 5.65 Å². The molecule has 0 fully saturated rings. The number of halogens is 1. The number of hydrogen-bond donors (Lipinski definition) is 0. The van der Waals surface area contributed by atoms with E-state index in [1.165, 1.54) is 0 Å². The maximum Gasteiger partial charge on any atom is 0.165 e. The van der Waals surface area contributed by atoms with Crippen LogP contribution in [0.15, 0.2) is 23.2 Å². The minimum Gasteiger partial charge on any atom is -0.303 e. The molecule has 1 radical (unpaired) electrons. The van der Waals surface area contributed by atoms with E-state index in [0.717, 1.165) is 10.3 Å². The van der Waals surface area contributed by atoms with Gasteiger partial charge in [-0.2, -0.15) is 0 Å². The van der Waals surface area contributed by atoms with Crippen LogP contribution in [0.2, 0.25) is 0 Å². The van der Waals surface area contributed by atoms with Crippen molar-refractivity contribution in [2.24, 2.45) is 0 Å². The lowest BCUT2D eigenvalue weighted by Crippen LogP contribution is -1.85. The number of nitrogens with zero attached hydrogens (tertiary/aromatic N) is 3. The smallest absolute Gasteiger partial charge is 0.165 e. The van der Waals surface area contributed by atoms with Gasteiger partial charge in [0.25, 0.3) is 0 Å². The van der Waals surface area contributed by atoms with Gasteiger partial charge in [-0.05, 0) is 15.9 Å². The Bertz CT molecular complexity index is 355. The third-order valence-corrected chi connectivity index (χ3v) is 1.56. The summed E-state index contributed by atoms with van der Waals surface area (Å²) in [6, 6.07) is 0. The summed E-state index contributed by atoms with van der Waals surface area (Å²) in [4.78, 5) is 7.87. The van der Waals surface area contributed by atoms with Gasteiger partial charge >= 0.3 is 0 Å². The highest BCUT2D eigenvalue weighted by molar-refractivity contribution is 9.10. The maximum atomic E-state index is 3.98. The van der Waals surface area contributed by atoms with E-state index >= 15 is 0 Å². The first-order valence-corrected chi connectivity index (χ1v) is 3.52. The molecule has 0 N–H and O–H groups in total. The number of rotatable bonds is 0. The molecule has 3 nitrogen and oxygen atoms in total. The fourth-order valence-corrected chi connectivity index (χ4v) is 1.06. The van der Waals surface area contributed by atoms with E-state index in [2.05, 4.69) is 32.1 Å². The molecule has 0 bridgehead atoms. The predicted molar refractivity (Wildman–Crippen MR) is 39.5 cm³/mol. The minimum atomic E-state index is 0.739. The van der Waals surface area contributed by atoms with Gasteiger partial charge in [0, 0.05) is 18.6 Å². The van der Waals surface area contributed by atoms with Gasteiger partial charge in [0.05, 0.1) is 0 Å². The first kappa shape index (κ1) is 5.85. The molecule has 0 saturated carbocycles. The minimum absolute atomic E-state index is 0.739. The molecule has 2 aromatic heterocycles. The molecule has 2 aromatic rings. The van der Waals surface area contributed by atoms with Crippen molar-refractivity contribution in [3.8, 4) is 0 Å². The van der Waals surface area contributed by atoms with Crippen molar-refractivity contribution in [1.82, 2.24) is 14.4 Å². The zero-order chi connectivity index (χ0) is 6.97. The zero-order valence-corrected chi connectivity index (χ0v) is 6.54. The summed E-state index contributed by atoms with van der Waals surface area (Å²) < 4.78 is 2.61. The van der Waals surface area contributed by atoms with E-state index in [4.69, 9.17) is 0 Å². The van der Waals surface area contributed by atoms with E-state index in [1.54, 1.807) is 6.20 Å². The Morgan fingerprint density at radius 3 is 3.40 bits per heavy atom. The summed E-state index contributed by atoms with van der Waals surface area (Å²) in [5.74, 6) is 0. The van der Waals surface area contributed by atoms with Gasteiger partial charge in [0.15, 0.2) is 5.65 Å². The molecule has 0 amide bonds. The lowest BCUT2D eigenvalue weighted by atomic mass is 10.7. The number of hydrogen-bond acceptors (Lipinski definition) is 2. The van der Waals surface area contributed by atoms with Crippen LogP contribution in [-0.2, 0) is 0 Å². The average molecular weight is 197 g/mol. The van der Waals surface area contributed by atoms with E-state index in [1.807, 2.05) is 16.8 Å². The molecular formula is C6H3BrN3. The van der Waals surface area contributed by atoms with Crippen LogP contribution in [0.4, 0.5) is 0 Å². The predicted octanol–water partition coefficient (Wildman–Crippen LogP) is 1.29. The molecule has 4 heteroatoms. The third-order valence-electron chi connectivity index (χ3n) is 1.18. The van der Waals surface area contributed by atoms with E-state index in [-0.39, 0.29) is 0 Å². The highest BCUT2D eigenvalue weighted by Crippen LogP contribution is 2.05. The van der Waals surface area contributed by atoms with Crippen LogP contribution in [0.1, 0.15) is 0 Å². The Balaban J connectivity index is 2.86. The van der Waals surface area contributed by atoms with Gasteiger partial charge in [-0.25, -0.2) is 9.97 Å². The van der Waals surface area contributed by atoms with Gasteiger partial charge in [0.2, 0.25) is 0 Å². The molecule has 49 valence electrons. The Hall–Kier alpha value is -0.900. The van der Waals surface area contributed by atoms with Crippen LogP contribution in [0, 0.1) is 6.20 Å². The van der Waals surface area contributed by atoms with Gasteiger partial charge in [0.1, 0.15) is 10.8 Å². The monoisotopic (exact) mass is 196 g/mol. The van der Waals surface area contributed by atoms with Gasteiger partial charge in [-0.3, -0.25) is 0 Å². The van der Waals surface area contributed by atoms with Crippen LogP contribution < -0.4 is 0 Å². The molecule has 0 spiro atoms. The first-order valence-electron chi connectivity index (χ1n) is 2.73. The van der Waals surface area contributed by atoms with E-state index in [0.29, 0.717) is 0 Å². The quantitative estimate of drug-likeness (QED) is 0.636. The summed E-state index contributed by atoms with van der Waals surface area (Å²) in [7, 11) is 0. The Morgan fingerprint density at radius 1 is 1.60 bits per heavy atom. The molecular weight excluding hydrogens is 194 g/mol. The molecule has 0 aromatic carbocycles. The lowest BCUT2D eigenvalue weighted by Gasteiger charge is -1.89. The summed E-state index contributed by atoms with van der Waals surface area (Å²) in [5, 5.41) is 0.